The van der Waals surface area contributed by atoms with Crippen LogP contribution in [-0.4, -0.2) is 25.3 Å². The molecule has 0 aliphatic rings. The van der Waals surface area contributed by atoms with Gasteiger partial charge in [0.1, 0.15) is 17.3 Å². The van der Waals surface area contributed by atoms with E-state index in [4.69, 9.17) is 20.9 Å². The SMILES string of the molecule is CC(C)(C)C(=O)OCOP(C)(=O)C(C(=O)N/C=C/c1ccc(F)cc1F)c1csc2ccc(Cl)cc12. The summed E-state index contributed by atoms with van der Waals surface area (Å²) in [6.45, 7) is 5.66. The Morgan fingerprint density at radius 1 is 1.19 bits per heavy atom. The van der Waals surface area contributed by atoms with Gasteiger partial charge in [-0.1, -0.05) is 11.6 Å². The number of thiophene rings is 1. The highest BCUT2D eigenvalue weighted by atomic mass is 35.5. The van der Waals surface area contributed by atoms with Gasteiger partial charge < -0.3 is 10.1 Å². The third-order valence-corrected chi connectivity index (χ3v) is 8.43. The maximum atomic E-state index is 13.9. The number of hydrogen-bond donors (Lipinski definition) is 1. The largest absolute Gasteiger partial charge is 0.438 e. The first-order valence-electron chi connectivity index (χ1n) is 10.8. The normalized spacial score (nSPS) is 14.5. The van der Waals surface area contributed by atoms with Crippen molar-refractivity contribution >= 4 is 58.3 Å². The number of fused-ring (bicyclic) bond motifs is 1. The highest BCUT2D eigenvalue weighted by Gasteiger charge is 2.39. The predicted molar refractivity (Wildman–Crippen MR) is 138 cm³/mol. The van der Waals surface area contributed by atoms with Crippen molar-refractivity contribution in [2.24, 2.45) is 5.41 Å². The van der Waals surface area contributed by atoms with E-state index in [0.29, 0.717) is 16.0 Å². The van der Waals surface area contributed by atoms with Gasteiger partial charge in [-0.3, -0.25) is 18.7 Å². The lowest BCUT2D eigenvalue weighted by molar-refractivity contribution is -0.159. The fourth-order valence-electron chi connectivity index (χ4n) is 3.24. The van der Waals surface area contributed by atoms with E-state index < -0.39 is 48.7 Å². The number of ether oxygens (including phenoxy) is 1. The first-order chi connectivity index (χ1) is 16.8. The van der Waals surface area contributed by atoms with Crippen molar-refractivity contribution in [3.8, 4) is 0 Å². The summed E-state index contributed by atoms with van der Waals surface area (Å²) in [7, 11) is -3.79. The number of hydrogen-bond acceptors (Lipinski definition) is 6. The second-order valence-electron chi connectivity index (χ2n) is 9.08. The number of esters is 1. The molecule has 1 amide bonds. The minimum absolute atomic E-state index is 0.0473. The van der Waals surface area contributed by atoms with Crippen molar-refractivity contribution in [3.05, 3.63) is 75.8 Å². The van der Waals surface area contributed by atoms with Crippen LogP contribution in [-0.2, 0) is 23.4 Å². The molecule has 2 aromatic carbocycles. The van der Waals surface area contributed by atoms with Gasteiger partial charge in [-0.05, 0) is 73.5 Å². The number of amides is 1. The van der Waals surface area contributed by atoms with Crippen LogP contribution in [0.2, 0.25) is 5.02 Å². The summed E-state index contributed by atoms with van der Waals surface area (Å²) >= 11 is 7.49. The molecule has 0 spiro atoms. The van der Waals surface area contributed by atoms with E-state index in [-0.39, 0.29) is 5.56 Å². The predicted octanol–water partition coefficient (Wildman–Crippen LogP) is 7.13. The molecule has 0 aliphatic carbocycles. The number of halogens is 3. The van der Waals surface area contributed by atoms with Crippen molar-refractivity contribution in [2.75, 3.05) is 13.5 Å². The monoisotopic (exact) mass is 555 g/mol. The van der Waals surface area contributed by atoms with E-state index in [1.165, 1.54) is 36.3 Å². The summed E-state index contributed by atoms with van der Waals surface area (Å²) in [5, 5.41) is 5.25. The van der Waals surface area contributed by atoms with Gasteiger partial charge in [0.05, 0.1) is 5.41 Å². The van der Waals surface area contributed by atoms with Gasteiger partial charge in [-0.25, -0.2) is 8.78 Å². The molecule has 36 heavy (non-hydrogen) atoms. The van der Waals surface area contributed by atoms with Crippen LogP contribution in [0.5, 0.6) is 0 Å². The molecule has 1 heterocycles. The summed E-state index contributed by atoms with van der Waals surface area (Å²) in [6.07, 6.45) is 2.42. The Morgan fingerprint density at radius 2 is 1.92 bits per heavy atom. The molecule has 3 aromatic rings. The van der Waals surface area contributed by atoms with Gasteiger partial charge in [0.2, 0.25) is 13.3 Å². The summed E-state index contributed by atoms with van der Waals surface area (Å²) in [4.78, 5) is 25.4. The van der Waals surface area contributed by atoms with E-state index in [0.717, 1.165) is 16.8 Å². The lowest BCUT2D eigenvalue weighted by Gasteiger charge is -2.24. The van der Waals surface area contributed by atoms with E-state index >= 15 is 0 Å². The number of carbonyl (C=O) groups is 2. The molecule has 1 N–H and O–H groups in total. The van der Waals surface area contributed by atoms with Gasteiger partial charge in [0.15, 0.2) is 6.79 Å². The topological polar surface area (TPSA) is 81.7 Å². The van der Waals surface area contributed by atoms with Gasteiger partial charge >= 0.3 is 5.97 Å². The average molecular weight is 556 g/mol. The van der Waals surface area contributed by atoms with Crippen molar-refractivity contribution in [1.29, 1.82) is 0 Å². The Balaban J connectivity index is 1.90. The second-order valence-corrected chi connectivity index (χ2v) is 13.0. The summed E-state index contributed by atoms with van der Waals surface area (Å²) in [5.74, 6) is -2.78. The number of rotatable bonds is 8. The molecule has 0 saturated carbocycles. The summed E-state index contributed by atoms with van der Waals surface area (Å²) in [5.41, 5.74) is -1.62. The minimum atomic E-state index is -3.79. The lowest BCUT2D eigenvalue weighted by atomic mass is 9.98. The van der Waals surface area contributed by atoms with Crippen molar-refractivity contribution in [1.82, 2.24) is 5.32 Å². The van der Waals surface area contributed by atoms with Crippen molar-refractivity contribution in [2.45, 2.75) is 26.4 Å². The Hall–Kier alpha value is -2.58. The van der Waals surface area contributed by atoms with Crippen molar-refractivity contribution < 1.29 is 32.2 Å². The zero-order chi connectivity index (χ0) is 26.7. The molecule has 1 aromatic heterocycles. The fourth-order valence-corrected chi connectivity index (χ4v) is 6.12. The zero-order valence-corrected chi connectivity index (χ0v) is 22.5. The summed E-state index contributed by atoms with van der Waals surface area (Å²) < 4.78 is 52.2. The first kappa shape index (κ1) is 28.0. The van der Waals surface area contributed by atoms with Crippen LogP contribution in [0.3, 0.4) is 0 Å². The Morgan fingerprint density at radius 3 is 2.58 bits per heavy atom. The lowest BCUT2D eigenvalue weighted by Crippen LogP contribution is -2.27. The Labute approximate surface area is 216 Å². The van der Waals surface area contributed by atoms with E-state index in [9.17, 15) is 22.9 Å². The number of nitrogens with one attached hydrogen (secondary N) is 1. The molecule has 6 nitrogen and oxygen atoms in total. The molecule has 2 atom stereocenters. The van der Waals surface area contributed by atoms with Crippen LogP contribution in [0.1, 0.15) is 37.6 Å². The molecule has 0 fully saturated rings. The van der Waals surface area contributed by atoms with Crippen molar-refractivity contribution in [3.63, 3.8) is 0 Å². The standard InChI is InChI=1S/C25H25ClF2NO5PS/c1-25(2,3)24(31)33-14-34-35(4,32)22(19-13-36-21-8-6-16(26)11-18(19)21)23(30)29-10-9-15-5-7-17(27)12-20(15)28/h5-13,22H,14H2,1-4H3,(H,29,30)/b10-9+. The first-order valence-corrected chi connectivity index (χ1v) is 14.2. The molecule has 11 heteroatoms. The molecular formula is C25H25ClF2NO5PS. The number of carbonyl (C=O) groups excluding carboxylic acids is 2. The molecule has 0 bridgehead atoms. The molecule has 0 aliphatic heterocycles. The fraction of sp³-hybridized carbons (Fsp3) is 0.280. The van der Waals surface area contributed by atoms with Gasteiger partial charge in [-0.15, -0.1) is 11.3 Å². The van der Waals surface area contributed by atoms with Crippen LogP contribution in [0.4, 0.5) is 8.78 Å². The average Bonchev–Trinajstić information content (AvgIpc) is 3.16. The second kappa shape index (κ2) is 11.2. The highest BCUT2D eigenvalue weighted by molar-refractivity contribution is 7.59. The van der Waals surface area contributed by atoms with Crippen LogP contribution in [0.15, 0.2) is 48.0 Å². The molecular weight excluding hydrogens is 531 g/mol. The van der Waals surface area contributed by atoms with E-state index in [1.54, 1.807) is 44.4 Å². The third kappa shape index (κ3) is 6.79. The molecule has 0 saturated heterocycles. The number of benzene rings is 2. The third-order valence-electron chi connectivity index (χ3n) is 5.14. The van der Waals surface area contributed by atoms with Crippen LogP contribution in [0, 0.1) is 17.0 Å². The van der Waals surface area contributed by atoms with E-state index in [1.807, 2.05) is 0 Å². The maximum Gasteiger partial charge on any atom is 0.313 e. The molecule has 192 valence electrons. The highest BCUT2D eigenvalue weighted by Crippen LogP contribution is 2.59. The smallest absolute Gasteiger partial charge is 0.313 e. The Bertz CT molecular complexity index is 1370. The van der Waals surface area contributed by atoms with Crippen LogP contribution in [0.25, 0.3) is 16.2 Å². The molecule has 2 unspecified atom stereocenters. The molecule has 3 rings (SSSR count). The van der Waals surface area contributed by atoms with Gasteiger partial charge in [0.25, 0.3) is 0 Å². The quantitative estimate of drug-likeness (QED) is 0.182. The maximum absolute atomic E-state index is 13.9. The Kier molecular flexibility index (Phi) is 8.72. The zero-order valence-electron chi connectivity index (χ0n) is 20.0. The minimum Gasteiger partial charge on any atom is -0.438 e. The van der Waals surface area contributed by atoms with Gasteiger partial charge in [0, 0.05) is 34.2 Å². The van der Waals surface area contributed by atoms with E-state index in [2.05, 4.69) is 5.32 Å². The van der Waals surface area contributed by atoms with Crippen LogP contribution < -0.4 is 5.32 Å². The van der Waals surface area contributed by atoms with Gasteiger partial charge in [-0.2, -0.15) is 0 Å². The molecule has 0 radical (unpaired) electrons. The van der Waals surface area contributed by atoms with Crippen LogP contribution >= 0.6 is 30.3 Å². The summed E-state index contributed by atoms with van der Waals surface area (Å²) in [6, 6.07) is 8.17.